The van der Waals surface area contributed by atoms with Gasteiger partial charge in [0.1, 0.15) is 0 Å². The van der Waals surface area contributed by atoms with E-state index in [2.05, 4.69) is 32.5 Å². The van der Waals surface area contributed by atoms with E-state index in [9.17, 15) is 4.79 Å². The van der Waals surface area contributed by atoms with Crippen molar-refractivity contribution in [3.8, 4) is 10.6 Å². The lowest BCUT2D eigenvalue weighted by Crippen LogP contribution is -2.23. The third-order valence-corrected chi connectivity index (χ3v) is 6.07. The molecule has 31 heavy (non-hydrogen) atoms. The Morgan fingerprint density at radius 1 is 1.29 bits per heavy atom. The Bertz CT molecular complexity index is 1070. The van der Waals surface area contributed by atoms with Gasteiger partial charge in [0.15, 0.2) is 5.13 Å². The Balaban J connectivity index is 1.52. The van der Waals surface area contributed by atoms with Crippen LogP contribution in [0.1, 0.15) is 25.5 Å². The maximum absolute atomic E-state index is 12.0. The van der Waals surface area contributed by atoms with Crippen LogP contribution in [0, 0.1) is 6.92 Å². The fourth-order valence-electron chi connectivity index (χ4n) is 3.55. The number of nitrogens with zero attached hydrogens (tertiary/aromatic N) is 4. The summed E-state index contributed by atoms with van der Waals surface area (Å²) in [4.78, 5) is 28.5. The number of anilines is 4. The van der Waals surface area contributed by atoms with E-state index >= 15 is 0 Å². The maximum Gasteiger partial charge on any atom is 0.227 e. The molecule has 1 amide bonds. The van der Waals surface area contributed by atoms with Gasteiger partial charge in [-0.2, -0.15) is 0 Å². The first kappa shape index (κ1) is 21.2. The number of aryl methyl sites for hydroxylation is 1. The number of ether oxygens (including phenoxy) is 1. The Kier molecular flexibility index (Phi) is 6.43. The topological polar surface area (TPSA) is 92.3 Å². The molecule has 0 radical (unpaired) electrons. The van der Waals surface area contributed by atoms with E-state index in [0.29, 0.717) is 19.0 Å². The fourth-order valence-corrected chi connectivity index (χ4v) is 4.59. The fraction of sp³-hybridized carbons (Fsp3) is 0.364. The zero-order valence-electron chi connectivity index (χ0n) is 17.9. The lowest BCUT2D eigenvalue weighted by molar-refractivity contribution is -0.117. The lowest BCUT2D eigenvalue weighted by atomic mass is 10.2. The van der Waals surface area contributed by atoms with Gasteiger partial charge in [0, 0.05) is 43.7 Å². The standard InChI is InChI=1S/C22H26N6O2S/c1-14(13-30-3)24-22-25-15(2)20(31-22)18-9-10-23-21(27-18)26-16-6-4-7-17(12-16)28-11-5-8-19(28)29/h4,6-7,9-10,12,14H,5,8,11,13H2,1-3H3,(H,24,25)(H,23,26,27). The molecule has 0 spiro atoms. The molecule has 2 aromatic heterocycles. The molecule has 9 heteroatoms. The number of hydrogen-bond acceptors (Lipinski definition) is 8. The molecule has 162 valence electrons. The number of thiazole rings is 1. The van der Waals surface area contributed by atoms with Crippen molar-refractivity contribution in [2.45, 2.75) is 32.7 Å². The summed E-state index contributed by atoms with van der Waals surface area (Å²) in [6, 6.07) is 9.83. The van der Waals surface area contributed by atoms with Crippen molar-refractivity contribution in [2.24, 2.45) is 0 Å². The second kappa shape index (κ2) is 9.40. The van der Waals surface area contributed by atoms with Gasteiger partial charge in [-0.15, -0.1) is 0 Å². The Hall–Kier alpha value is -3.04. The van der Waals surface area contributed by atoms with E-state index in [4.69, 9.17) is 4.74 Å². The summed E-state index contributed by atoms with van der Waals surface area (Å²) in [6.45, 7) is 5.40. The number of hydrogen-bond donors (Lipinski definition) is 2. The molecule has 1 saturated heterocycles. The van der Waals surface area contributed by atoms with Crippen molar-refractivity contribution in [1.29, 1.82) is 0 Å². The molecule has 2 N–H and O–H groups in total. The Morgan fingerprint density at radius 2 is 2.16 bits per heavy atom. The van der Waals surface area contributed by atoms with Crippen molar-refractivity contribution in [3.63, 3.8) is 0 Å². The molecule has 3 heterocycles. The summed E-state index contributed by atoms with van der Waals surface area (Å²) in [5, 5.41) is 7.46. The molecule has 0 aliphatic carbocycles. The monoisotopic (exact) mass is 438 g/mol. The molecule has 1 unspecified atom stereocenters. The van der Waals surface area contributed by atoms with Gasteiger partial charge in [-0.1, -0.05) is 17.4 Å². The highest BCUT2D eigenvalue weighted by Gasteiger charge is 2.21. The van der Waals surface area contributed by atoms with Crippen LogP contribution in [0.5, 0.6) is 0 Å². The smallest absolute Gasteiger partial charge is 0.227 e. The summed E-state index contributed by atoms with van der Waals surface area (Å²) >= 11 is 1.56. The first-order chi connectivity index (χ1) is 15.0. The molecule has 3 aromatic rings. The number of aromatic nitrogens is 3. The molecule has 1 fully saturated rings. The molecule has 1 aliphatic rings. The zero-order valence-corrected chi connectivity index (χ0v) is 18.7. The molecule has 1 aromatic carbocycles. The quantitative estimate of drug-likeness (QED) is 0.544. The number of carbonyl (C=O) groups is 1. The molecular formula is C22H26N6O2S. The first-order valence-corrected chi connectivity index (χ1v) is 11.1. The number of carbonyl (C=O) groups excluding carboxylic acids is 1. The van der Waals surface area contributed by atoms with Gasteiger partial charge in [0.2, 0.25) is 11.9 Å². The third-order valence-electron chi connectivity index (χ3n) is 4.96. The number of methoxy groups -OCH3 is 1. The average Bonchev–Trinajstić information content (AvgIpc) is 3.33. The molecular weight excluding hydrogens is 412 g/mol. The van der Waals surface area contributed by atoms with E-state index in [1.54, 1.807) is 24.6 Å². The average molecular weight is 439 g/mol. The summed E-state index contributed by atoms with van der Waals surface area (Å²) in [6.07, 6.45) is 3.24. The maximum atomic E-state index is 12.0. The Labute approximate surface area is 185 Å². The van der Waals surface area contributed by atoms with E-state index in [1.807, 2.05) is 42.2 Å². The highest BCUT2D eigenvalue weighted by Crippen LogP contribution is 2.32. The summed E-state index contributed by atoms with van der Waals surface area (Å²) in [5.41, 5.74) is 3.45. The molecule has 0 bridgehead atoms. The largest absolute Gasteiger partial charge is 0.383 e. The van der Waals surface area contributed by atoms with Gasteiger partial charge < -0.3 is 20.3 Å². The second-order valence-corrected chi connectivity index (χ2v) is 8.52. The molecule has 8 nitrogen and oxygen atoms in total. The van der Waals surface area contributed by atoms with Crippen LogP contribution in [0.2, 0.25) is 0 Å². The summed E-state index contributed by atoms with van der Waals surface area (Å²) in [5.74, 6) is 0.665. The predicted octanol–water partition coefficient (Wildman–Crippen LogP) is 4.23. The first-order valence-electron chi connectivity index (χ1n) is 10.3. The lowest BCUT2D eigenvalue weighted by Gasteiger charge is -2.16. The van der Waals surface area contributed by atoms with Crippen molar-refractivity contribution < 1.29 is 9.53 Å². The minimum absolute atomic E-state index is 0.167. The third kappa shape index (κ3) is 5.00. The van der Waals surface area contributed by atoms with Gasteiger partial charge in [-0.05, 0) is 44.5 Å². The van der Waals surface area contributed by atoms with Crippen molar-refractivity contribution >= 4 is 39.7 Å². The van der Waals surface area contributed by atoms with E-state index in [0.717, 1.165) is 45.7 Å². The number of amides is 1. The highest BCUT2D eigenvalue weighted by atomic mass is 32.1. The van der Waals surface area contributed by atoms with Crippen LogP contribution in [0.25, 0.3) is 10.6 Å². The van der Waals surface area contributed by atoms with Crippen molar-refractivity contribution in [2.75, 3.05) is 35.8 Å². The van der Waals surface area contributed by atoms with E-state index in [1.165, 1.54) is 0 Å². The normalized spacial score (nSPS) is 14.7. The Morgan fingerprint density at radius 3 is 2.94 bits per heavy atom. The molecule has 4 rings (SSSR count). The van der Waals surface area contributed by atoms with Gasteiger partial charge in [-0.3, -0.25) is 4.79 Å². The number of benzene rings is 1. The van der Waals surface area contributed by atoms with E-state index in [-0.39, 0.29) is 11.9 Å². The van der Waals surface area contributed by atoms with Gasteiger partial charge >= 0.3 is 0 Å². The zero-order chi connectivity index (χ0) is 21.8. The summed E-state index contributed by atoms with van der Waals surface area (Å²) in [7, 11) is 1.69. The highest BCUT2D eigenvalue weighted by molar-refractivity contribution is 7.19. The van der Waals surface area contributed by atoms with Crippen molar-refractivity contribution in [3.05, 3.63) is 42.2 Å². The molecule has 0 saturated carbocycles. The van der Waals surface area contributed by atoms with Crippen LogP contribution >= 0.6 is 11.3 Å². The minimum Gasteiger partial charge on any atom is -0.383 e. The predicted molar refractivity (Wildman–Crippen MR) is 124 cm³/mol. The van der Waals surface area contributed by atoms with Crippen LogP contribution in [0.3, 0.4) is 0 Å². The van der Waals surface area contributed by atoms with Gasteiger partial charge in [-0.25, -0.2) is 15.0 Å². The molecule has 1 aliphatic heterocycles. The second-order valence-electron chi connectivity index (χ2n) is 7.52. The summed E-state index contributed by atoms with van der Waals surface area (Å²) < 4.78 is 5.18. The van der Waals surface area contributed by atoms with Gasteiger partial charge in [0.05, 0.1) is 22.9 Å². The van der Waals surface area contributed by atoms with E-state index < -0.39 is 0 Å². The SMILES string of the molecule is COCC(C)Nc1nc(C)c(-c2ccnc(Nc3cccc(N4CCCC4=O)c3)n2)s1. The number of rotatable bonds is 8. The minimum atomic E-state index is 0.167. The van der Waals surface area contributed by atoms with Crippen LogP contribution in [0.15, 0.2) is 36.5 Å². The van der Waals surface area contributed by atoms with Crippen LogP contribution in [-0.4, -0.2) is 47.2 Å². The van der Waals surface area contributed by atoms with Crippen molar-refractivity contribution in [1.82, 2.24) is 15.0 Å². The molecule has 1 atom stereocenters. The number of nitrogens with one attached hydrogen (secondary N) is 2. The van der Waals surface area contributed by atoms with Crippen LogP contribution in [0.4, 0.5) is 22.5 Å². The van der Waals surface area contributed by atoms with Gasteiger partial charge in [0.25, 0.3) is 0 Å². The van der Waals surface area contributed by atoms with Crippen LogP contribution < -0.4 is 15.5 Å². The van der Waals surface area contributed by atoms with Crippen LogP contribution in [-0.2, 0) is 9.53 Å².